The lowest BCUT2D eigenvalue weighted by molar-refractivity contribution is -0.116. The van der Waals surface area contributed by atoms with Crippen LogP contribution in [0.25, 0.3) is 0 Å². The van der Waals surface area contributed by atoms with Crippen LogP contribution in [-0.4, -0.2) is 22.9 Å². The highest BCUT2D eigenvalue weighted by Crippen LogP contribution is 2.36. The molecular weight excluding hydrogens is 400 g/mol. The maximum absolute atomic E-state index is 13.0. The van der Waals surface area contributed by atoms with Gasteiger partial charge in [-0.25, -0.2) is 4.79 Å². The Morgan fingerprint density at radius 3 is 1.93 bits per heavy atom. The predicted octanol–water partition coefficient (Wildman–Crippen LogP) is 4.82. The number of hydrogen-bond acceptors (Lipinski definition) is 4. The lowest BCUT2D eigenvalue weighted by atomic mass is 10.1. The summed E-state index contributed by atoms with van der Waals surface area (Å²) in [6.07, 6.45) is 0. The lowest BCUT2D eigenvalue weighted by Gasteiger charge is -2.17. The third-order valence-corrected chi connectivity index (χ3v) is 5.43. The van der Waals surface area contributed by atoms with Gasteiger partial charge in [0.15, 0.2) is 0 Å². The molecule has 0 aliphatic carbocycles. The molecule has 3 N–H and O–H groups in total. The lowest BCUT2D eigenvalue weighted by Crippen LogP contribution is -2.19. The molecule has 0 spiro atoms. The Morgan fingerprint density at radius 2 is 1.37 bits per heavy atom. The number of hydrogen-bond donors (Lipinski definition) is 3. The second-order valence-electron chi connectivity index (χ2n) is 6.49. The second-order valence-corrected chi connectivity index (χ2v) is 7.66. The zero-order chi connectivity index (χ0) is 21.5. The Morgan fingerprint density at radius 1 is 0.800 bits per heavy atom. The SMILES string of the molecule is CC(=O)Nc1ccc(SC(C(=O)Nc2ccc(C(=O)O)cc2)c2ccccc2)cc1. The molecule has 0 aromatic heterocycles. The third kappa shape index (κ3) is 5.71. The van der Waals surface area contributed by atoms with E-state index in [0.29, 0.717) is 11.4 Å². The molecule has 152 valence electrons. The number of carboxylic acids is 1. The molecule has 1 unspecified atom stereocenters. The van der Waals surface area contributed by atoms with Crippen LogP contribution in [0.5, 0.6) is 0 Å². The Bertz CT molecular complexity index is 1040. The van der Waals surface area contributed by atoms with E-state index in [1.54, 1.807) is 24.3 Å². The van der Waals surface area contributed by atoms with E-state index >= 15 is 0 Å². The zero-order valence-electron chi connectivity index (χ0n) is 16.2. The molecule has 0 bridgehead atoms. The summed E-state index contributed by atoms with van der Waals surface area (Å²) in [5.74, 6) is -1.39. The highest BCUT2D eigenvalue weighted by Gasteiger charge is 2.22. The molecule has 6 nitrogen and oxygen atoms in total. The van der Waals surface area contributed by atoms with Crippen LogP contribution in [0.15, 0.2) is 83.8 Å². The summed E-state index contributed by atoms with van der Waals surface area (Å²) in [4.78, 5) is 36.1. The normalized spacial score (nSPS) is 11.4. The molecule has 30 heavy (non-hydrogen) atoms. The van der Waals surface area contributed by atoms with Crippen LogP contribution in [0.1, 0.15) is 28.1 Å². The van der Waals surface area contributed by atoms with Crippen molar-refractivity contribution in [3.05, 3.63) is 90.0 Å². The molecule has 0 fully saturated rings. The van der Waals surface area contributed by atoms with Gasteiger partial charge in [-0.1, -0.05) is 30.3 Å². The van der Waals surface area contributed by atoms with Crippen molar-refractivity contribution in [3.63, 3.8) is 0 Å². The number of carbonyl (C=O) groups is 3. The smallest absolute Gasteiger partial charge is 0.335 e. The number of rotatable bonds is 7. The number of nitrogens with one attached hydrogen (secondary N) is 2. The first kappa shape index (κ1) is 21.1. The van der Waals surface area contributed by atoms with E-state index < -0.39 is 11.2 Å². The van der Waals surface area contributed by atoms with Crippen molar-refractivity contribution >= 4 is 40.9 Å². The summed E-state index contributed by atoms with van der Waals surface area (Å²) < 4.78 is 0. The van der Waals surface area contributed by atoms with Crippen LogP contribution in [-0.2, 0) is 9.59 Å². The van der Waals surface area contributed by atoms with Gasteiger partial charge in [0, 0.05) is 23.2 Å². The third-order valence-electron chi connectivity index (χ3n) is 4.17. The van der Waals surface area contributed by atoms with E-state index in [1.807, 2.05) is 42.5 Å². The van der Waals surface area contributed by atoms with Crippen molar-refractivity contribution in [2.24, 2.45) is 0 Å². The van der Waals surface area contributed by atoms with Gasteiger partial charge in [-0.3, -0.25) is 9.59 Å². The van der Waals surface area contributed by atoms with Crippen LogP contribution in [0.4, 0.5) is 11.4 Å². The molecule has 0 saturated heterocycles. The van der Waals surface area contributed by atoms with E-state index in [9.17, 15) is 14.4 Å². The number of thioether (sulfide) groups is 1. The molecule has 0 heterocycles. The number of carbonyl (C=O) groups excluding carboxylic acids is 2. The zero-order valence-corrected chi connectivity index (χ0v) is 17.0. The van der Waals surface area contributed by atoms with Crippen LogP contribution >= 0.6 is 11.8 Å². The largest absolute Gasteiger partial charge is 0.478 e. The first-order valence-electron chi connectivity index (χ1n) is 9.16. The van der Waals surface area contributed by atoms with Gasteiger partial charge in [-0.2, -0.15) is 0 Å². The van der Waals surface area contributed by atoms with E-state index in [0.717, 1.165) is 10.5 Å². The van der Waals surface area contributed by atoms with Gasteiger partial charge < -0.3 is 15.7 Å². The molecule has 3 aromatic carbocycles. The fourth-order valence-electron chi connectivity index (χ4n) is 2.76. The van der Waals surface area contributed by atoms with Crippen molar-refractivity contribution in [3.8, 4) is 0 Å². The topological polar surface area (TPSA) is 95.5 Å². The number of benzene rings is 3. The summed E-state index contributed by atoms with van der Waals surface area (Å²) in [6.45, 7) is 1.45. The quantitative estimate of drug-likeness (QED) is 0.477. The number of anilines is 2. The monoisotopic (exact) mass is 420 g/mol. The number of aromatic carboxylic acids is 1. The molecule has 0 saturated carbocycles. The maximum atomic E-state index is 13.0. The van der Waals surface area contributed by atoms with Gasteiger partial charge in [0.05, 0.1) is 5.56 Å². The van der Waals surface area contributed by atoms with Crippen LogP contribution in [0, 0.1) is 0 Å². The van der Waals surface area contributed by atoms with E-state index in [-0.39, 0.29) is 17.4 Å². The van der Waals surface area contributed by atoms with Gasteiger partial charge in [-0.05, 0) is 54.1 Å². The number of carboxylic acid groups (broad SMARTS) is 1. The van der Waals surface area contributed by atoms with Gasteiger partial charge in [0.2, 0.25) is 11.8 Å². The molecule has 7 heteroatoms. The molecule has 2 amide bonds. The minimum atomic E-state index is -1.02. The summed E-state index contributed by atoms with van der Waals surface area (Å²) in [5.41, 5.74) is 2.20. The van der Waals surface area contributed by atoms with Crippen molar-refractivity contribution in [1.29, 1.82) is 0 Å². The highest BCUT2D eigenvalue weighted by molar-refractivity contribution is 8.00. The van der Waals surface area contributed by atoms with Gasteiger partial charge in [0.25, 0.3) is 0 Å². The van der Waals surface area contributed by atoms with Crippen LogP contribution < -0.4 is 10.6 Å². The minimum absolute atomic E-state index is 0.147. The van der Waals surface area contributed by atoms with Crippen molar-refractivity contribution in [2.45, 2.75) is 17.1 Å². The van der Waals surface area contributed by atoms with Crippen LogP contribution in [0.2, 0.25) is 0 Å². The van der Waals surface area contributed by atoms with E-state index in [4.69, 9.17) is 5.11 Å². The van der Waals surface area contributed by atoms with Gasteiger partial charge >= 0.3 is 5.97 Å². The first-order valence-corrected chi connectivity index (χ1v) is 10.0. The van der Waals surface area contributed by atoms with E-state index in [2.05, 4.69) is 10.6 Å². The van der Waals surface area contributed by atoms with Crippen molar-refractivity contribution in [1.82, 2.24) is 0 Å². The summed E-state index contributed by atoms with van der Waals surface area (Å²) in [5, 5.41) is 14.1. The molecule has 1 atom stereocenters. The second kappa shape index (κ2) is 9.76. The van der Waals surface area contributed by atoms with Gasteiger partial charge in [0.1, 0.15) is 5.25 Å². The van der Waals surface area contributed by atoms with Crippen molar-refractivity contribution in [2.75, 3.05) is 10.6 Å². The first-order chi connectivity index (χ1) is 14.4. The van der Waals surface area contributed by atoms with Crippen LogP contribution in [0.3, 0.4) is 0 Å². The Kier molecular flexibility index (Phi) is 6.87. The molecule has 3 rings (SSSR count). The molecular formula is C23H20N2O4S. The Hall–Kier alpha value is -3.58. The molecule has 0 aliphatic heterocycles. The standard InChI is InChI=1S/C23H20N2O4S/c1-15(26)24-18-11-13-20(14-12-18)30-21(16-5-3-2-4-6-16)22(27)25-19-9-7-17(8-10-19)23(28)29/h2-14,21H,1H3,(H,24,26)(H,25,27)(H,28,29). The summed E-state index contributed by atoms with van der Waals surface area (Å²) in [7, 11) is 0. The van der Waals surface area contributed by atoms with E-state index in [1.165, 1.54) is 30.8 Å². The summed E-state index contributed by atoms with van der Waals surface area (Å²) in [6, 6.07) is 22.7. The maximum Gasteiger partial charge on any atom is 0.335 e. The Balaban J connectivity index is 1.79. The predicted molar refractivity (Wildman–Crippen MR) is 118 cm³/mol. The average molecular weight is 420 g/mol. The molecule has 3 aromatic rings. The fraction of sp³-hybridized carbons (Fsp3) is 0.0870. The molecule has 0 aliphatic rings. The molecule has 0 radical (unpaired) electrons. The van der Waals surface area contributed by atoms with Crippen molar-refractivity contribution < 1.29 is 19.5 Å². The highest BCUT2D eigenvalue weighted by atomic mass is 32.2. The van der Waals surface area contributed by atoms with Gasteiger partial charge in [-0.15, -0.1) is 11.8 Å². The minimum Gasteiger partial charge on any atom is -0.478 e. The Labute approximate surface area is 178 Å². The average Bonchev–Trinajstić information content (AvgIpc) is 2.73. The number of amides is 2. The summed E-state index contributed by atoms with van der Waals surface area (Å²) >= 11 is 1.39. The fourth-order valence-corrected chi connectivity index (χ4v) is 3.79.